The van der Waals surface area contributed by atoms with Crippen molar-refractivity contribution in [3.8, 4) is 29.1 Å². The third-order valence-corrected chi connectivity index (χ3v) is 10.3. The second-order valence-electron chi connectivity index (χ2n) is 15.9. The van der Waals surface area contributed by atoms with E-state index in [1.807, 2.05) is 25.1 Å². The highest BCUT2D eigenvalue weighted by atomic mass is 16.5. The highest BCUT2D eigenvalue weighted by molar-refractivity contribution is 5.91. The van der Waals surface area contributed by atoms with Crippen molar-refractivity contribution in [2.45, 2.75) is 97.8 Å². The van der Waals surface area contributed by atoms with Crippen molar-refractivity contribution in [3.63, 3.8) is 0 Å². The molecule has 11 heteroatoms. The molecule has 11 nitrogen and oxygen atoms in total. The summed E-state index contributed by atoms with van der Waals surface area (Å²) >= 11 is 0. The summed E-state index contributed by atoms with van der Waals surface area (Å²) in [7, 11) is 0. The van der Waals surface area contributed by atoms with E-state index in [0.717, 1.165) is 74.8 Å². The number of aryl methyl sites for hydroxylation is 1. The molecule has 4 aromatic carbocycles. The molecule has 346 valence electrons. The molecule has 0 N–H and O–H groups in total. The summed E-state index contributed by atoms with van der Waals surface area (Å²) in [5, 5.41) is 8.78. The van der Waals surface area contributed by atoms with Crippen LogP contribution in [0.5, 0.6) is 23.0 Å². The van der Waals surface area contributed by atoms with E-state index < -0.39 is 17.9 Å². The molecule has 1 fully saturated rings. The van der Waals surface area contributed by atoms with Gasteiger partial charge < -0.3 is 28.4 Å². The van der Waals surface area contributed by atoms with Crippen LogP contribution in [0, 0.1) is 30.1 Å². The van der Waals surface area contributed by atoms with Gasteiger partial charge in [-0.15, -0.1) is 0 Å². The summed E-state index contributed by atoms with van der Waals surface area (Å²) in [5.41, 5.74) is 2.50. The Morgan fingerprint density at radius 1 is 0.523 bits per heavy atom. The average molecular weight is 888 g/mol. The summed E-state index contributed by atoms with van der Waals surface area (Å²) in [6.07, 6.45) is 15.5. The molecule has 0 saturated heterocycles. The lowest BCUT2D eigenvalue weighted by Crippen LogP contribution is -2.08. The van der Waals surface area contributed by atoms with Gasteiger partial charge in [-0.25, -0.2) is 19.2 Å². The Kier molecular flexibility index (Phi) is 25.3. The first-order valence-electron chi connectivity index (χ1n) is 22.5. The van der Waals surface area contributed by atoms with Crippen molar-refractivity contribution in [3.05, 3.63) is 145 Å². The third kappa shape index (κ3) is 23.0. The maximum absolute atomic E-state index is 12.2. The second kappa shape index (κ2) is 31.2. The zero-order valence-corrected chi connectivity index (χ0v) is 38.3. The van der Waals surface area contributed by atoms with Gasteiger partial charge in [0.2, 0.25) is 0 Å². The molecule has 1 aliphatic carbocycles. The summed E-state index contributed by atoms with van der Waals surface area (Å²) in [6.45, 7) is 15.4. The third-order valence-electron chi connectivity index (χ3n) is 10.3. The predicted octanol–water partition coefficient (Wildman–Crippen LogP) is 12.2. The van der Waals surface area contributed by atoms with E-state index in [1.54, 1.807) is 84.9 Å². The van der Waals surface area contributed by atoms with Crippen molar-refractivity contribution in [2.75, 3.05) is 26.4 Å². The van der Waals surface area contributed by atoms with Crippen molar-refractivity contribution in [1.29, 1.82) is 5.26 Å². The van der Waals surface area contributed by atoms with Crippen LogP contribution < -0.4 is 18.9 Å². The van der Waals surface area contributed by atoms with E-state index in [2.05, 4.69) is 27.0 Å². The molecule has 0 radical (unpaired) electrons. The van der Waals surface area contributed by atoms with Gasteiger partial charge in [0.1, 0.15) is 23.0 Å². The molecule has 5 rings (SSSR count). The van der Waals surface area contributed by atoms with E-state index in [-0.39, 0.29) is 5.97 Å². The summed E-state index contributed by atoms with van der Waals surface area (Å²) < 4.78 is 31.8. The van der Waals surface area contributed by atoms with Gasteiger partial charge in [-0.1, -0.05) is 70.4 Å². The SMILES string of the molecule is C=CC(=O)OCCCCCCOc1ccc(C(=O)Oc2ccc(C#N)cc2)cc1.C=CC(=O)OCCCCCCOc1ccc(C(=O)Oc2ccc(C)cc2)cc1.CC1CCC(C)CC1. The number of benzene rings is 4. The molecule has 0 spiro atoms. The molecule has 1 saturated carbocycles. The molecule has 0 atom stereocenters. The highest BCUT2D eigenvalue weighted by Gasteiger charge is 2.13. The van der Waals surface area contributed by atoms with Crippen LogP contribution in [0.3, 0.4) is 0 Å². The number of rotatable bonds is 22. The quantitative estimate of drug-likeness (QED) is 0.0321. The number of hydrogen-bond donors (Lipinski definition) is 0. The molecule has 0 aromatic heterocycles. The molecule has 1 aliphatic rings. The smallest absolute Gasteiger partial charge is 0.343 e. The van der Waals surface area contributed by atoms with Crippen LogP contribution >= 0.6 is 0 Å². The fourth-order valence-corrected chi connectivity index (χ4v) is 6.30. The lowest BCUT2D eigenvalue weighted by atomic mass is 9.84. The van der Waals surface area contributed by atoms with Crippen LogP contribution in [0.1, 0.15) is 123 Å². The lowest BCUT2D eigenvalue weighted by molar-refractivity contribution is -0.138. The molecule has 0 aliphatic heterocycles. The largest absolute Gasteiger partial charge is 0.494 e. The molecule has 0 unspecified atom stereocenters. The summed E-state index contributed by atoms with van der Waals surface area (Å²) in [4.78, 5) is 46.1. The van der Waals surface area contributed by atoms with E-state index in [4.69, 9.17) is 33.7 Å². The number of unbranched alkanes of at least 4 members (excludes halogenated alkanes) is 6. The van der Waals surface area contributed by atoms with E-state index in [1.165, 1.54) is 31.8 Å². The average Bonchev–Trinajstić information content (AvgIpc) is 3.33. The normalized spacial score (nSPS) is 13.7. The number of hydrogen-bond acceptors (Lipinski definition) is 11. The summed E-state index contributed by atoms with van der Waals surface area (Å²) in [5.74, 6) is 2.70. The maximum Gasteiger partial charge on any atom is 0.343 e. The minimum Gasteiger partial charge on any atom is -0.494 e. The van der Waals surface area contributed by atoms with Crippen molar-refractivity contribution in [2.24, 2.45) is 11.8 Å². The Bertz CT molecular complexity index is 2050. The number of carbonyl (C=O) groups is 4. The zero-order chi connectivity index (χ0) is 47.1. The van der Waals surface area contributed by atoms with Gasteiger partial charge in [0.05, 0.1) is 49.2 Å². The van der Waals surface area contributed by atoms with Gasteiger partial charge in [0, 0.05) is 12.2 Å². The second-order valence-corrected chi connectivity index (χ2v) is 15.9. The first-order chi connectivity index (χ1) is 31.5. The predicted molar refractivity (Wildman–Crippen MR) is 252 cm³/mol. The first kappa shape index (κ1) is 52.7. The van der Waals surface area contributed by atoms with Crippen molar-refractivity contribution >= 4 is 23.9 Å². The zero-order valence-electron chi connectivity index (χ0n) is 38.3. The number of ether oxygens (including phenoxy) is 6. The standard InChI is InChI=1S/C23H23NO5.C23H26O5.C8H16/c1-2-22(25)28-16-6-4-3-5-15-27-20-13-9-19(10-14-20)23(26)29-21-11-7-18(17-24)8-12-21;1-3-22(24)27-17-7-5-4-6-16-26-20-14-10-19(11-15-20)23(25)28-21-12-8-18(2)9-13-21;1-7-3-5-8(2)6-4-7/h2,7-14H,1,3-6,15-16H2;3,8-15H,1,4-7,16-17H2,2H3;7-8H,3-6H2,1-2H3. The Labute approximate surface area is 385 Å². The van der Waals surface area contributed by atoms with Crippen LogP contribution in [0.4, 0.5) is 0 Å². The Balaban J connectivity index is 0.000000294. The van der Waals surface area contributed by atoms with Crippen LogP contribution in [0.2, 0.25) is 0 Å². The number of nitriles is 1. The van der Waals surface area contributed by atoms with Gasteiger partial charge in [0.15, 0.2) is 0 Å². The monoisotopic (exact) mass is 887 g/mol. The van der Waals surface area contributed by atoms with Gasteiger partial charge in [0.25, 0.3) is 0 Å². The molecule has 65 heavy (non-hydrogen) atoms. The van der Waals surface area contributed by atoms with Gasteiger partial charge in [-0.05, 0) is 155 Å². The number of carbonyl (C=O) groups excluding carboxylic acids is 4. The molecule has 4 aromatic rings. The fourth-order valence-electron chi connectivity index (χ4n) is 6.30. The molecule has 0 amide bonds. The molecular formula is C54H65NO10. The van der Waals surface area contributed by atoms with E-state index in [0.29, 0.717) is 66.1 Å². The Hall–Kier alpha value is -6.67. The molecular weight excluding hydrogens is 823 g/mol. The highest BCUT2D eigenvalue weighted by Crippen LogP contribution is 2.27. The summed E-state index contributed by atoms with van der Waals surface area (Å²) in [6, 6.07) is 29.4. The van der Waals surface area contributed by atoms with Crippen molar-refractivity contribution in [1.82, 2.24) is 0 Å². The van der Waals surface area contributed by atoms with Crippen LogP contribution in [-0.2, 0) is 19.1 Å². The topological polar surface area (TPSA) is 147 Å². The van der Waals surface area contributed by atoms with Crippen LogP contribution in [0.25, 0.3) is 0 Å². The minimum atomic E-state index is -0.474. The van der Waals surface area contributed by atoms with Gasteiger partial charge in [-0.3, -0.25) is 0 Å². The van der Waals surface area contributed by atoms with Crippen molar-refractivity contribution < 1.29 is 47.6 Å². The molecule has 0 heterocycles. The first-order valence-corrected chi connectivity index (χ1v) is 22.5. The van der Waals surface area contributed by atoms with Crippen LogP contribution in [-0.4, -0.2) is 50.3 Å². The minimum absolute atomic E-state index is 0.380. The Morgan fingerprint density at radius 2 is 0.862 bits per heavy atom. The fraction of sp³-hybridized carbons (Fsp3) is 0.389. The number of esters is 4. The lowest BCUT2D eigenvalue weighted by Gasteiger charge is -2.22. The van der Waals surface area contributed by atoms with Gasteiger partial charge in [-0.2, -0.15) is 5.26 Å². The van der Waals surface area contributed by atoms with E-state index in [9.17, 15) is 19.2 Å². The van der Waals surface area contributed by atoms with Gasteiger partial charge >= 0.3 is 23.9 Å². The Morgan fingerprint density at radius 3 is 1.22 bits per heavy atom. The number of nitrogens with zero attached hydrogens (tertiary/aromatic N) is 1. The van der Waals surface area contributed by atoms with Crippen LogP contribution in [0.15, 0.2) is 122 Å². The molecule has 0 bridgehead atoms. The maximum atomic E-state index is 12.2. The van der Waals surface area contributed by atoms with E-state index >= 15 is 0 Å².